The van der Waals surface area contributed by atoms with Crippen LogP contribution in [0.2, 0.25) is 0 Å². The molecule has 2 saturated carbocycles. The first kappa shape index (κ1) is 23.2. The molecule has 2 aliphatic rings. The van der Waals surface area contributed by atoms with Gasteiger partial charge in [0, 0.05) is 5.92 Å². The summed E-state index contributed by atoms with van der Waals surface area (Å²) in [6.07, 6.45) is 5.52. The van der Waals surface area contributed by atoms with E-state index in [1.807, 2.05) is 27.7 Å². The van der Waals surface area contributed by atoms with Crippen molar-refractivity contribution in [2.75, 3.05) is 0 Å². The van der Waals surface area contributed by atoms with Crippen molar-refractivity contribution >= 4 is 5.78 Å². The number of ketones is 1. The van der Waals surface area contributed by atoms with Crippen LogP contribution in [0.25, 0.3) is 0 Å². The molecule has 0 aliphatic heterocycles. The van der Waals surface area contributed by atoms with Crippen molar-refractivity contribution in [3.63, 3.8) is 0 Å². The lowest BCUT2D eigenvalue weighted by molar-refractivity contribution is -0.135. The Labute approximate surface area is 166 Å². The third-order valence-corrected chi connectivity index (χ3v) is 6.96. The minimum Gasteiger partial charge on any atom is -0.298 e. The van der Waals surface area contributed by atoms with Crippen molar-refractivity contribution in [2.24, 2.45) is 34.5 Å². The molecule has 2 rings (SSSR count). The van der Waals surface area contributed by atoms with E-state index in [1.165, 1.54) is 5.57 Å². The van der Waals surface area contributed by atoms with Crippen LogP contribution in [0.4, 0.5) is 0 Å². The van der Waals surface area contributed by atoms with E-state index in [1.54, 1.807) is 0 Å². The molecule has 27 heavy (non-hydrogen) atoms. The third kappa shape index (κ3) is 4.03. The van der Waals surface area contributed by atoms with Gasteiger partial charge in [0.15, 0.2) is 5.78 Å². The number of hydrogen-bond donors (Lipinski definition) is 0. The van der Waals surface area contributed by atoms with Gasteiger partial charge in [-0.3, -0.25) is 4.79 Å². The summed E-state index contributed by atoms with van der Waals surface area (Å²) in [6, 6.07) is 4.65. The second kappa shape index (κ2) is 8.88. The molecule has 0 saturated heterocycles. The van der Waals surface area contributed by atoms with Gasteiger partial charge in [-0.2, -0.15) is 10.5 Å². The summed E-state index contributed by atoms with van der Waals surface area (Å²) in [5.41, 5.74) is 2.01. The van der Waals surface area contributed by atoms with E-state index in [-0.39, 0.29) is 34.4 Å². The van der Waals surface area contributed by atoms with Crippen LogP contribution in [0.15, 0.2) is 23.8 Å². The first-order chi connectivity index (χ1) is 12.6. The predicted octanol–water partition coefficient (Wildman–Crippen LogP) is 6.24. The Morgan fingerprint density at radius 2 is 1.96 bits per heavy atom. The molecule has 0 aromatic rings. The van der Waals surface area contributed by atoms with E-state index < -0.39 is 5.92 Å². The number of hydrogen-bond acceptors (Lipinski definition) is 3. The maximum Gasteiger partial charge on any atom is 0.153 e. The molecule has 0 aromatic carbocycles. The molecule has 0 bridgehead atoms. The minimum absolute atomic E-state index is 0.0733. The molecule has 0 amide bonds. The molecule has 3 nitrogen and oxygen atoms in total. The zero-order chi connectivity index (χ0) is 21.0. The maximum absolute atomic E-state index is 12.5. The van der Waals surface area contributed by atoms with Crippen LogP contribution in [0, 0.1) is 57.2 Å². The summed E-state index contributed by atoms with van der Waals surface area (Å²) < 4.78 is 0. The molecule has 3 heteroatoms. The normalized spacial score (nSPS) is 37.9. The van der Waals surface area contributed by atoms with Gasteiger partial charge >= 0.3 is 0 Å². The summed E-state index contributed by atoms with van der Waals surface area (Å²) in [6.45, 7) is 18.5. The van der Waals surface area contributed by atoms with Crippen LogP contribution in [-0.2, 0) is 4.79 Å². The van der Waals surface area contributed by atoms with Crippen molar-refractivity contribution in [2.45, 2.75) is 74.1 Å². The summed E-state index contributed by atoms with van der Waals surface area (Å²) >= 11 is 0. The van der Waals surface area contributed by atoms with Crippen molar-refractivity contribution in [1.29, 1.82) is 10.5 Å². The Morgan fingerprint density at radius 3 is 2.41 bits per heavy atom. The summed E-state index contributed by atoms with van der Waals surface area (Å²) in [4.78, 5) is 12.5. The largest absolute Gasteiger partial charge is 0.298 e. The maximum atomic E-state index is 12.5. The molecule has 0 radical (unpaired) electrons. The minimum atomic E-state index is -0.513. The molecular weight excluding hydrogens is 332 g/mol. The van der Waals surface area contributed by atoms with Gasteiger partial charge in [0.05, 0.1) is 18.1 Å². The molecule has 0 N–H and O–H groups in total. The van der Waals surface area contributed by atoms with Crippen LogP contribution >= 0.6 is 0 Å². The van der Waals surface area contributed by atoms with Crippen molar-refractivity contribution in [1.82, 2.24) is 0 Å². The van der Waals surface area contributed by atoms with E-state index in [2.05, 4.69) is 45.6 Å². The quantitative estimate of drug-likeness (QED) is 0.554. The molecule has 0 aromatic heterocycles. The number of nitriles is 2. The fraction of sp³-hybridized carbons (Fsp3) is 0.708. The molecule has 2 fully saturated rings. The van der Waals surface area contributed by atoms with Crippen LogP contribution in [0.1, 0.15) is 74.1 Å². The molecule has 148 valence electrons. The number of carbonyl (C=O) groups excluding carboxylic acids is 1. The zero-order valence-electron chi connectivity index (χ0n) is 18.2. The van der Waals surface area contributed by atoms with E-state index in [0.29, 0.717) is 6.42 Å². The van der Waals surface area contributed by atoms with E-state index in [4.69, 9.17) is 0 Å². The van der Waals surface area contributed by atoms with Gasteiger partial charge in [0.1, 0.15) is 5.92 Å². The van der Waals surface area contributed by atoms with Gasteiger partial charge in [-0.1, -0.05) is 58.4 Å². The molecule has 6 unspecified atom stereocenters. The second-order valence-electron chi connectivity index (χ2n) is 8.63. The van der Waals surface area contributed by atoms with Gasteiger partial charge in [0.25, 0.3) is 0 Å². The van der Waals surface area contributed by atoms with Gasteiger partial charge in [-0.25, -0.2) is 0 Å². The number of carbonyl (C=O) groups is 1. The second-order valence-corrected chi connectivity index (χ2v) is 8.63. The standard InChI is InChI=1S/C22H30N2O.C2H6/c1-7-19-21(5,10-16(12-23)14(2)3)9-8-18-15(4)20(25)17(13-24)11-22(18,19)6;1-2/h7,15-18H,2,8-11H2,1,3-6H3;1-2H3/b19-7+;. The number of fused-ring (bicyclic) bond motifs is 1. The Kier molecular flexibility index (Phi) is 7.62. The lowest BCUT2D eigenvalue weighted by Gasteiger charge is -2.57. The molecule has 2 aliphatic carbocycles. The van der Waals surface area contributed by atoms with Gasteiger partial charge in [-0.05, 0) is 56.3 Å². The summed E-state index contributed by atoms with van der Waals surface area (Å²) in [5, 5.41) is 19.0. The third-order valence-electron chi connectivity index (χ3n) is 6.96. The van der Waals surface area contributed by atoms with Crippen LogP contribution in [0.3, 0.4) is 0 Å². The average Bonchev–Trinajstić information content (AvgIpc) is 2.64. The average molecular weight is 369 g/mol. The lowest BCUT2D eigenvalue weighted by Crippen LogP contribution is -2.52. The first-order valence-electron chi connectivity index (χ1n) is 10.3. The Balaban J connectivity index is 0.00000176. The van der Waals surface area contributed by atoms with Crippen molar-refractivity contribution in [3.8, 4) is 12.1 Å². The fourth-order valence-corrected chi connectivity index (χ4v) is 5.70. The molecule has 0 spiro atoms. The number of allylic oxidation sites excluding steroid dienone is 3. The monoisotopic (exact) mass is 368 g/mol. The van der Waals surface area contributed by atoms with Gasteiger partial charge in [-0.15, -0.1) is 0 Å². The lowest BCUT2D eigenvalue weighted by atomic mass is 9.46. The summed E-state index contributed by atoms with van der Waals surface area (Å²) in [5.74, 6) is -0.345. The number of nitrogens with zero attached hydrogens (tertiary/aromatic N) is 2. The smallest absolute Gasteiger partial charge is 0.153 e. The highest BCUT2D eigenvalue weighted by Gasteiger charge is 2.56. The van der Waals surface area contributed by atoms with E-state index in [0.717, 1.165) is 24.8 Å². The SMILES string of the molecule is C=C(C)C(C#N)CC1(C)CCC2C(C)C(=O)C(C#N)CC2(C)/C1=C/C.CC. The number of Topliss-reactive ketones (excluding diaryl/α,β-unsaturated/α-hetero) is 1. The molecule has 0 heterocycles. The first-order valence-corrected chi connectivity index (χ1v) is 10.3. The number of rotatable bonds is 3. The van der Waals surface area contributed by atoms with Crippen molar-refractivity contribution < 1.29 is 4.79 Å². The highest BCUT2D eigenvalue weighted by molar-refractivity contribution is 5.87. The van der Waals surface area contributed by atoms with Gasteiger partial charge in [0.2, 0.25) is 0 Å². The highest BCUT2D eigenvalue weighted by Crippen LogP contribution is 2.62. The molecule has 6 atom stereocenters. The van der Waals surface area contributed by atoms with Crippen LogP contribution < -0.4 is 0 Å². The Hall–Kier alpha value is -1.87. The highest BCUT2D eigenvalue weighted by atomic mass is 16.1. The zero-order valence-corrected chi connectivity index (χ0v) is 18.2. The fourth-order valence-electron chi connectivity index (χ4n) is 5.70. The predicted molar refractivity (Wildman–Crippen MR) is 110 cm³/mol. The molecular formula is C24H36N2O. The Bertz CT molecular complexity index is 692. The Morgan fingerprint density at radius 1 is 1.37 bits per heavy atom. The topological polar surface area (TPSA) is 64.7 Å². The van der Waals surface area contributed by atoms with Crippen LogP contribution in [-0.4, -0.2) is 5.78 Å². The van der Waals surface area contributed by atoms with E-state index in [9.17, 15) is 15.3 Å². The summed E-state index contributed by atoms with van der Waals surface area (Å²) in [7, 11) is 0. The van der Waals surface area contributed by atoms with Crippen LogP contribution in [0.5, 0.6) is 0 Å². The van der Waals surface area contributed by atoms with E-state index >= 15 is 0 Å². The van der Waals surface area contributed by atoms with Gasteiger partial charge < -0.3 is 0 Å². The van der Waals surface area contributed by atoms with Crippen molar-refractivity contribution in [3.05, 3.63) is 23.8 Å².